The van der Waals surface area contributed by atoms with E-state index in [0.717, 1.165) is 30.6 Å². The van der Waals surface area contributed by atoms with Crippen LogP contribution in [0.5, 0.6) is 0 Å². The number of anilines is 4. The molecule has 1 aliphatic rings. The Labute approximate surface area is 171 Å². The van der Waals surface area contributed by atoms with E-state index in [-0.39, 0.29) is 22.9 Å². The highest BCUT2D eigenvalue weighted by molar-refractivity contribution is 6.04. The molecule has 31 heavy (non-hydrogen) atoms. The number of carbonyl (C=O) groups is 1. The van der Waals surface area contributed by atoms with Gasteiger partial charge in [-0.25, -0.2) is 13.8 Å². The van der Waals surface area contributed by atoms with Gasteiger partial charge in [-0.3, -0.25) is 9.78 Å². The molecule has 0 fully saturated rings. The van der Waals surface area contributed by atoms with E-state index in [9.17, 15) is 26.7 Å². The number of halogens is 5. The van der Waals surface area contributed by atoms with Crippen LogP contribution in [-0.4, -0.2) is 22.1 Å². The monoisotopic (exact) mass is 436 g/mol. The molecule has 7 nitrogen and oxygen atoms in total. The van der Waals surface area contributed by atoms with E-state index in [2.05, 4.69) is 25.9 Å². The van der Waals surface area contributed by atoms with E-state index in [1.165, 1.54) is 18.2 Å². The molecule has 12 heteroatoms. The molecule has 0 saturated heterocycles. The highest BCUT2D eigenvalue weighted by Gasteiger charge is 2.60. The molecule has 1 aromatic heterocycles. The lowest BCUT2D eigenvalue weighted by Crippen LogP contribution is -2.52. The van der Waals surface area contributed by atoms with Crippen LogP contribution in [0, 0.1) is 11.6 Å². The minimum absolute atomic E-state index is 0.117. The molecule has 1 atom stereocenters. The lowest BCUT2D eigenvalue weighted by molar-refractivity contribution is -0.173. The van der Waals surface area contributed by atoms with Gasteiger partial charge >= 0.3 is 6.18 Å². The van der Waals surface area contributed by atoms with Crippen LogP contribution in [0.3, 0.4) is 0 Å². The topological polar surface area (TPSA) is 105 Å². The molecular formula is C19H13F5N6O. The standard InChI is InChI=1S/C19H13F5N6O/c20-10-2-1-3-11(21)16(10)17(31)28-15-8-26-14(7-27-15)18(19(22,23)24)29-12-5-4-9(25)6-13(12)30-18/h1-8,29-30H,25H2,(H,27,28,31). The van der Waals surface area contributed by atoms with Gasteiger partial charge < -0.3 is 21.7 Å². The molecule has 0 aliphatic carbocycles. The normalized spacial score (nSPS) is 17.5. The number of hydrogen-bond acceptors (Lipinski definition) is 6. The fourth-order valence-corrected chi connectivity index (χ4v) is 3.10. The average Bonchev–Trinajstić information content (AvgIpc) is 3.08. The highest BCUT2D eigenvalue weighted by Crippen LogP contribution is 2.48. The first-order valence-electron chi connectivity index (χ1n) is 8.71. The van der Waals surface area contributed by atoms with Crippen molar-refractivity contribution in [3.8, 4) is 0 Å². The van der Waals surface area contributed by atoms with Gasteiger partial charge in [-0.1, -0.05) is 6.07 Å². The molecule has 4 rings (SSSR count). The van der Waals surface area contributed by atoms with Crippen LogP contribution in [0.4, 0.5) is 44.8 Å². The number of nitrogen functional groups attached to an aromatic ring is 1. The molecule has 0 spiro atoms. The summed E-state index contributed by atoms with van der Waals surface area (Å²) in [6, 6.07) is 7.02. The van der Waals surface area contributed by atoms with Gasteiger partial charge in [0.15, 0.2) is 5.82 Å². The Hall–Kier alpha value is -3.96. The smallest absolute Gasteiger partial charge is 0.399 e. The van der Waals surface area contributed by atoms with Crippen LogP contribution >= 0.6 is 0 Å². The van der Waals surface area contributed by atoms with Crippen LogP contribution in [-0.2, 0) is 5.66 Å². The van der Waals surface area contributed by atoms with E-state index < -0.39 is 40.6 Å². The fourth-order valence-electron chi connectivity index (χ4n) is 3.10. The molecule has 1 amide bonds. The minimum Gasteiger partial charge on any atom is -0.399 e. The largest absolute Gasteiger partial charge is 0.436 e. The molecule has 3 aromatic rings. The second-order valence-corrected chi connectivity index (χ2v) is 6.64. The molecule has 160 valence electrons. The third-order valence-electron chi connectivity index (χ3n) is 4.58. The first-order chi connectivity index (χ1) is 14.6. The van der Waals surface area contributed by atoms with Crippen molar-refractivity contribution in [3.05, 3.63) is 71.7 Å². The molecule has 0 radical (unpaired) electrons. The number of nitrogens with zero attached hydrogens (tertiary/aromatic N) is 2. The summed E-state index contributed by atoms with van der Waals surface area (Å²) in [4.78, 5) is 19.6. The van der Waals surface area contributed by atoms with E-state index in [4.69, 9.17) is 5.73 Å². The summed E-state index contributed by atoms with van der Waals surface area (Å²) in [7, 11) is 0. The molecule has 2 aromatic carbocycles. The predicted molar refractivity (Wildman–Crippen MR) is 102 cm³/mol. The molecule has 0 bridgehead atoms. The Morgan fingerprint density at radius 1 is 1.00 bits per heavy atom. The van der Waals surface area contributed by atoms with Gasteiger partial charge in [-0.2, -0.15) is 13.2 Å². The van der Waals surface area contributed by atoms with Crippen molar-refractivity contribution in [1.29, 1.82) is 0 Å². The number of alkyl halides is 3. The summed E-state index contributed by atoms with van der Waals surface area (Å²) in [5, 5.41) is 6.80. The van der Waals surface area contributed by atoms with Crippen molar-refractivity contribution < 1.29 is 26.7 Å². The van der Waals surface area contributed by atoms with Gasteiger partial charge in [0.25, 0.3) is 11.6 Å². The zero-order chi connectivity index (χ0) is 22.4. The fraction of sp³-hybridized carbons (Fsp3) is 0.105. The first-order valence-corrected chi connectivity index (χ1v) is 8.71. The zero-order valence-corrected chi connectivity index (χ0v) is 15.4. The van der Waals surface area contributed by atoms with Gasteiger partial charge in [0.05, 0.1) is 23.8 Å². The lowest BCUT2D eigenvalue weighted by atomic mass is 10.1. The molecule has 5 N–H and O–H groups in total. The SMILES string of the molecule is Nc1ccc2c(c1)NC(c1cnc(NC(=O)c3c(F)cccc3F)cn1)(C(F)(F)F)N2. The van der Waals surface area contributed by atoms with Crippen molar-refractivity contribution in [2.75, 3.05) is 21.7 Å². The average molecular weight is 436 g/mol. The van der Waals surface area contributed by atoms with Gasteiger partial charge in [0.2, 0.25) is 0 Å². The highest BCUT2D eigenvalue weighted by atomic mass is 19.4. The number of aromatic nitrogens is 2. The lowest BCUT2D eigenvalue weighted by Gasteiger charge is -2.32. The first kappa shape index (κ1) is 20.3. The van der Waals surface area contributed by atoms with Crippen molar-refractivity contribution in [2.45, 2.75) is 11.8 Å². The molecular weight excluding hydrogens is 423 g/mol. The van der Waals surface area contributed by atoms with E-state index in [1.807, 2.05) is 0 Å². The third-order valence-corrected chi connectivity index (χ3v) is 4.58. The summed E-state index contributed by atoms with van der Waals surface area (Å²) in [5.74, 6) is -3.67. The molecule has 1 unspecified atom stereocenters. The Morgan fingerprint density at radius 2 is 1.68 bits per heavy atom. The summed E-state index contributed by atoms with van der Waals surface area (Å²) in [5.41, 5.74) is 1.96. The van der Waals surface area contributed by atoms with Crippen LogP contribution in [0.15, 0.2) is 48.8 Å². The number of rotatable bonds is 3. The number of hydrogen-bond donors (Lipinski definition) is 4. The van der Waals surface area contributed by atoms with Gasteiger partial charge in [-0.15, -0.1) is 0 Å². The van der Waals surface area contributed by atoms with Crippen molar-refractivity contribution in [3.63, 3.8) is 0 Å². The Balaban J connectivity index is 1.63. The molecule has 2 heterocycles. The van der Waals surface area contributed by atoms with Crippen LogP contribution in [0.2, 0.25) is 0 Å². The summed E-state index contributed by atoms with van der Waals surface area (Å²) in [6.07, 6.45) is -3.22. The van der Waals surface area contributed by atoms with E-state index in [1.54, 1.807) is 0 Å². The third kappa shape index (κ3) is 3.45. The Bertz CT molecular complexity index is 1150. The van der Waals surface area contributed by atoms with Gasteiger partial charge in [0.1, 0.15) is 22.9 Å². The van der Waals surface area contributed by atoms with Gasteiger partial charge in [-0.05, 0) is 30.3 Å². The minimum atomic E-state index is -4.85. The van der Waals surface area contributed by atoms with Crippen molar-refractivity contribution in [1.82, 2.24) is 9.97 Å². The van der Waals surface area contributed by atoms with E-state index in [0.29, 0.717) is 0 Å². The second-order valence-electron chi connectivity index (χ2n) is 6.64. The van der Waals surface area contributed by atoms with E-state index >= 15 is 0 Å². The Morgan fingerprint density at radius 3 is 2.29 bits per heavy atom. The van der Waals surface area contributed by atoms with Crippen LogP contribution < -0.4 is 21.7 Å². The quantitative estimate of drug-likeness (QED) is 0.367. The van der Waals surface area contributed by atoms with Crippen molar-refractivity contribution >= 4 is 28.8 Å². The second kappa shape index (κ2) is 7.07. The van der Waals surface area contributed by atoms with Crippen molar-refractivity contribution in [2.24, 2.45) is 0 Å². The van der Waals surface area contributed by atoms with Crippen LogP contribution in [0.25, 0.3) is 0 Å². The zero-order valence-electron chi connectivity index (χ0n) is 15.4. The summed E-state index contributed by atoms with van der Waals surface area (Å²) in [6.45, 7) is 0. The maximum absolute atomic E-state index is 14.0. The number of nitrogens with two attached hydrogens (primary N) is 1. The molecule has 1 aliphatic heterocycles. The summed E-state index contributed by atoms with van der Waals surface area (Å²) >= 11 is 0. The summed E-state index contributed by atoms with van der Waals surface area (Å²) < 4.78 is 69.5. The van der Waals surface area contributed by atoms with Crippen LogP contribution in [0.1, 0.15) is 16.1 Å². The predicted octanol–water partition coefficient (Wildman–Crippen LogP) is 3.84. The maximum Gasteiger partial charge on any atom is 0.436 e. The number of nitrogens with one attached hydrogen (secondary N) is 3. The number of benzene rings is 2. The number of amides is 1. The van der Waals surface area contributed by atoms with Gasteiger partial charge in [0, 0.05) is 5.69 Å². The maximum atomic E-state index is 14.0. The Kier molecular flexibility index (Phi) is 4.64. The number of carbonyl (C=O) groups excluding carboxylic acids is 1. The number of fused-ring (bicyclic) bond motifs is 1. The molecule has 0 saturated carbocycles.